The van der Waals surface area contributed by atoms with Crippen molar-refractivity contribution in [2.45, 2.75) is 19.4 Å². The zero-order valence-corrected chi connectivity index (χ0v) is 12.9. The second kappa shape index (κ2) is 5.17. The number of ether oxygens (including phenoxy) is 1. The van der Waals surface area contributed by atoms with Crippen LogP contribution in [-0.4, -0.2) is 31.8 Å². The minimum Gasteiger partial charge on any atom is -0.495 e. The van der Waals surface area contributed by atoms with Gasteiger partial charge in [-0.1, -0.05) is 0 Å². The molecule has 8 heteroatoms. The molecule has 3 N–H and O–H groups in total. The van der Waals surface area contributed by atoms with Crippen LogP contribution in [0.3, 0.4) is 0 Å². The van der Waals surface area contributed by atoms with Gasteiger partial charge < -0.3 is 15.6 Å². The van der Waals surface area contributed by atoms with E-state index in [9.17, 15) is 9.50 Å². The highest BCUT2D eigenvalue weighted by molar-refractivity contribution is 5.62. The Morgan fingerprint density at radius 1 is 1.35 bits per heavy atom. The summed E-state index contributed by atoms with van der Waals surface area (Å²) in [6.45, 7) is 3.21. The molecule has 0 unspecified atom stereocenters. The molecule has 0 saturated heterocycles. The first-order valence-electron chi connectivity index (χ1n) is 6.89. The standard InChI is InChI=1S/C15H16FN5O2/c1-15(2,22)13-11(23-3)6-12-18-7-10(21(12)20-13)9-5-4-8(16)14(17)19-9/h4-7,22H,1-3H3,(H2,17,19). The predicted octanol–water partition coefficient (Wildman–Crippen LogP) is 1.75. The number of fused-ring (bicyclic) bond motifs is 1. The van der Waals surface area contributed by atoms with Crippen molar-refractivity contribution in [3.05, 3.63) is 35.9 Å². The fraction of sp³-hybridized carbons (Fsp3) is 0.267. The number of hydrogen-bond donors (Lipinski definition) is 2. The molecule has 0 atom stereocenters. The highest BCUT2D eigenvalue weighted by Gasteiger charge is 2.25. The maximum Gasteiger partial charge on any atom is 0.165 e. The minimum absolute atomic E-state index is 0.200. The van der Waals surface area contributed by atoms with Gasteiger partial charge in [0.25, 0.3) is 0 Å². The third-order valence-corrected chi connectivity index (χ3v) is 3.39. The van der Waals surface area contributed by atoms with Gasteiger partial charge >= 0.3 is 0 Å². The van der Waals surface area contributed by atoms with Crippen molar-refractivity contribution in [1.29, 1.82) is 0 Å². The number of rotatable bonds is 3. The second-order valence-corrected chi connectivity index (χ2v) is 5.60. The smallest absolute Gasteiger partial charge is 0.165 e. The quantitative estimate of drug-likeness (QED) is 0.763. The van der Waals surface area contributed by atoms with Gasteiger partial charge in [0.1, 0.15) is 22.7 Å². The molecule has 0 aliphatic rings. The summed E-state index contributed by atoms with van der Waals surface area (Å²) < 4.78 is 20.1. The van der Waals surface area contributed by atoms with Crippen molar-refractivity contribution in [2.75, 3.05) is 12.8 Å². The number of nitrogens with two attached hydrogens (primary N) is 1. The molecule has 0 aliphatic carbocycles. The summed E-state index contributed by atoms with van der Waals surface area (Å²) in [5.41, 5.74) is 6.12. The van der Waals surface area contributed by atoms with E-state index in [0.29, 0.717) is 28.5 Å². The molecule has 0 spiro atoms. The number of nitrogen functional groups attached to an aromatic ring is 1. The van der Waals surface area contributed by atoms with Gasteiger partial charge in [0.15, 0.2) is 17.3 Å². The average Bonchev–Trinajstić information content (AvgIpc) is 2.90. The summed E-state index contributed by atoms with van der Waals surface area (Å²) >= 11 is 0. The van der Waals surface area contributed by atoms with Gasteiger partial charge in [-0.3, -0.25) is 0 Å². The summed E-state index contributed by atoms with van der Waals surface area (Å²) in [6, 6.07) is 4.39. The number of anilines is 1. The molecule has 0 radical (unpaired) electrons. The molecule has 0 fully saturated rings. The van der Waals surface area contributed by atoms with Gasteiger partial charge in [0.05, 0.1) is 19.0 Å². The first-order valence-corrected chi connectivity index (χ1v) is 6.89. The van der Waals surface area contributed by atoms with Gasteiger partial charge in [-0.05, 0) is 26.0 Å². The van der Waals surface area contributed by atoms with E-state index >= 15 is 0 Å². The zero-order valence-electron chi connectivity index (χ0n) is 12.9. The topological polar surface area (TPSA) is 98.6 Å². The Balaban J connectivity index is 2.25. The van der Waals surface area contributed by atoms with Gasteiger partial charge in [0, 0.05) is 6.07 Å². The number of aromatic nitrogens is 4. The normalized spacial score (nSPS) is 11.9. The Kier molecular flexibility index (Phi) is 3.41. The fourth-order valence-corrected chi connectivity index (χ4v) is 2.25. The molecule has 7 nitrogen and oxygen atoms in total. The molecule has 3 aromatic heterocycles. The first-order chi connectivity index (χ1) is 10.8. The number of hydrogen-bond acceptors (Lipinski definition) is 6. The number of imidazole rings is 1. The Hall–Kier alpha value is -2.74. The molecule has 23 heavy (non-hydrogen) atoms. The van der Waals surface area contributed by atoms with Crippen molar-refractivity contribution in [3.63, 3.8) is 0 Å². The van der Waals surface area contributed by atoms with E-state index in [2.05, 4.69) is 15.1 Å². The van der Waals surface area contributed by atoms with E-state index in [-0.39, 0.29) is 5.82 Å². The summed E-state index contributed by atoms with van der Waals surface area (Å²) in [5, 5.41) is 14.7. The van der Waals surface area contributed by atoms with Gasteiger partial charge in [-0.25, -0.2) is 18.9 Å². The Bertz CT molecular complexity index is 885. The van der Waals surface area contributed by atoms with E-state index in [4.69, 9.17) is 10.5 Å². The molecular weight excluding hydrogens is 301 g/mol. The largest absolute Gasteiger partial charge is 0.495 e. The molecule has 120 valence electrons. The number of halogens is 1. The highest BCUT2D eigenvalue weighted by atomic mass is 19.1. The monoisotopic (exact) mass is 317 g/mol. The molecule has 3 aromatic rings. The lowest BCUT2D eigenvalue weighted by Gasteiger charge is -2.19. The van der Waals surface area contributed by atoms with Crippen LogP contribution in [-0.2, 0) is 5.60 Å². The minimum atomic E-state index is -1.21. The van der Waals surface area contributed by atoms with E-state index in [1.165, 1.54) is 23.8 Å². The summed E-state index contributed by atoms with van der Waals surface area (Å²) in [7, 11) is 1.49. The highest BCUT2D eigenvalue weighted by Crippen LogP contribution is 2.30. The molecule has 0 aromatic carbocycles. The number of nitrogens with zero attached hydrogens (tertiary/aromatic N) is 4. The lowest BCUT2D eigenvalue weighted by molar-refractivity contribution is 0.0694. The molecule has 0 saturated carbocycles. The van der Waals surface area contributed by atoms with Crippen LogP contribution in [0.5, 0.6) is 5.75 Å². The third kappa shape index (κ3) is 2.57. The zero-order chi connectivity index (χ0) is 16.8. The van der Waals surface area contributed by atoms with Crippen LogP contribution in [0.1, 0.15) is 19.5 Å². The summed E-state index contributed by atoms with van der Waals surface area (Å²) in [5.74, 6) is -0.364. The lowest BCUT2D eigenvalue weighted by Crippen LogP contribution is -2.20. The molecular formula is C15H16FN5O2. The SMILES string of the molecule is COc1cc2ncc(-c3ccc(F)c(N)n3)n2nc1C(C)(C)O. The number of aliphatic hydroxyl groups is 1. The van der Waals surface area contributed by atoms with Crippen molar-refractivity contribution in [2.24, 2.45) is 0 Å². The van der Waals surface area contributed by atoms with Crippen molar-refractivity contribution < 1.29 is 14.2 Å². The Morgan fingerprint density at radius 2 is 2.09 bits per heavy atom. The van der Waals surface area contributed by atoms with Crippen molar-refractivity contribution >= 4 is 11.5 Å². The number of methoxy groups -OCH3 is 1. The lowest BCUT2D eigenvalue weighted by atomic mass is 10.0. The van der Waals surface area contributed by atoms with Gasteiger partial charge in [0.2, 0.25) is 0 Å². The second-order valence-electron chi connectivity index (χ2n) is 5.60. The van der Waals surface area contributed by atoms with Crippen LogP contribution in [0.2, 0.25) is 0 Å². The molecule has 0 aliphatic heterocycles. The summed E-state index contributed by atoms with van der Waals surface area (Å²) in [6.07, 6.45) is 1.55. The van der Waals surface area contributed by atoms with Crippen LogP contribution in [0.25, 0.3) is 17.0 Å². The first kappa shape index (κ1) is 15.2. The molecule has 0 amide bonds. The van der Waals surface area contributed by atoms with E-state index in [0.717, 1.165) is 0 Å². The molecule has 3 rings (SSSR count). The van der Waals surface area contributed by atoms with E-state index < -0.39 is 11.4 Å². The van der Waals surface area contributed by atoms with Crippen LogP contribution in [0.4, 0.5) is 10.2 Å². The van der Waals surface area contributed by atoms with Crippen LogP contribution in [0.15, 0.2) is 24.4 Å². The maximum absolute atomic E-state index is 13.3. The molecule has 0 bridgehead atoms. The fourth-order valence-electron chi connectivity index (χ4n) is 2.25. The predicted molar refractivity (Wildman–Crippen MR) is 82.4 cm³/mol. The van der Waals surface area contributed by atoms with E-state index in [1.807, 2.05) is 0 Å². The maximum atomic E-state index is 13.3. The van der Waals surface area contributed by atoms with Crippen LogP contribution < -0.4 is 10.5 Å². The van der Waals surface area contributed by atoms with Crippen LogP contribution >= 0.6 is 0 Å². The van der Waals surface area contributed by atoms with Crippen LogP contribution in [0, 0.1) is 5.82 Å². The third-order valence-electron chi connectivity index (χ3n) is 3.39. The average molecular weight is 317 g/mol. The number of pyridine rings is 1. The van der Waals surface area contributed by atoms with Crippen molar-refractivity contribution in [3.8, 4) is 17.1 Å². The van der Waals surface area contributed by atoms with Crippen molar-refractivity contribution in [1.82, 2.24) is 19.6 Å². The Morgan fingerprint density at radius 3 is 2.70 bits per heavy atom. The Labute approximate surface area is 131 Å². The molecule has 3 heterocycles. The summed E-state index contributed by atoms with van der Waals surface area (Å²) in [4.78, 5) is 8.25. The van der Waals surface area contributed by atoms with E-state index in [1.54, 1.807) is 26.1 Å². The van der Waals surface area contributed by atoms with Gasteiger partial charge in [-0.15, -0.1) is 0 Å². The van der Waals surface area contributed by atoms with Gasteiger partial charge in [-0.2, -0.15) is 5.10 Å².